The first-order chi connectivity index (χ1) is 9.74. The minimum absolute atomic E-state index is 0.288. The third-order valence-corrected chi connectivity index (χ3v) is 3.99. The first-order valence-electron chi connectivity index (χ1n) is 7.56. The van der Waals surface area contributed by atoms with Gasteiger partial charge in [0.1, 0.15) is 0 Å². The van der Waals surface area contributed by atoms with Crippen LogP contribution in [-0.4, -0.2) is 51.6 Å². The zero-order valence-electron chi connectivity index (χ0n) is 12.4. The second kappa shape index (κ2) is 6.02. The minimum Gasteiger partial charge on any atom is -0.378 e. The van der Waals surface area contributed by atoms with E-state index in [0.29, 0.717) is 0 Å². The molecular formula is C16H24N2O2. The van der Waals surface area contributed by atoms with Gasteiger partial charge in [-0.25, -0.2) is 0 Å². The molecule has 0 amide bonds. The van der Waals surface area contributed by atoms with Crippen molar-refractivity contribution in [2.45, 2.75) is 26.1 Å². The molecule has 20 heavy (non-hydrogen) atoms. The van der Waals surface area contributed by atoms with Gasteiger partial charge in [-0.15, -0.1) is 0 Å². The van der Waals surface area contributed by atoms with Crippen LogP contribution in [0.4, 0.5) is 11.4 Å². The summed E-state index contributed by atoms with van der Waals surface area (Å²) in [6.07, 6.45) is 0.577. The van der Waals surface area contributed by atoms with Crippen LogP contribution in [0.15, 0.2) is 24.3 Å². The topological polar surface area (TPSA) is 24.9 Å². The van der Waals surface area contributed by atoms with Gasteiger partial charge >= 0.3 is 0 Å². The third kappa shape index (κ3) is 2.91. The Hall–Kier alpha value is -1.26. The highest BCUT2D eigenvalue weighted by Gasteiger charge is 2.25. The number of nitrogens with zero attached hydrogens (tertiary/aromatic N) is 2. The molecular weight excluding hydrogens is 252 g/mol. The maximum atomic E-state index is 5.85. The fraction of sp³-hybridized carbons (Fsp3) is 0.625. The molecule has 2 heterocycles. The molecule has 0 saturated carbocycles. The Bertz CT molecular complexity index is 436. The van der Waals surface area contributed by atoms with Crippen molar-refractivity contribution in [3.63, 3.8) is 0 Å². The first-order valence-corrected chi connectivity index (χ1v) is 7.56. The summed E-state index contributed by atoms with van der Waals surface area (Å²) < 4.78 is 11.3. The maximum absolute atomic E-state index is 5.85. The van der Waals surface area contributed by atoms with Crippen molar-refractivity contribution in [1.82, 2.24) is 0 Å². The van der Waals surface area contributed by atoms with Crippen molar-refractivity contribution in [3.05, 3.63) is 24.3 Å². The molecule has 2 unspecified atom stereocenters. The summed E-state index contributed by atoms with van der Waals surface area (Å²) in [6, 6.07) is 8.71. The van der Waals surface area contributed by atoms with Gasteiger partial charge in [-0.05, 0) is 26.0 Å². The standard InChI is InChI=1S/C16H24N2O2/c1-13-11-18(12-14(2)20-13)16-6-4-3-5-15(16)17-7-9-19-10-8-17/h3-6,13-14H,7-12H2,1-2H3. The summed E-state index contributed by atoms with van der Waals surface area (Å²) in [7, 11) is 0. The van der Waals surface area contributed by atoms with Crippen LogP contribution in [0.5, 0.6) is 0 Å². The lowest BCUT2D eigenvalue weighted by atomic mass is 10.1. The number of benzene rings is 1. The molecule has 0 radical (unpaired) electrons. The van der Waals surface area contributed by atoms with Crippen molar-refractivity contribution in [2.75, 3.05) is 49.2 Å². The van der Waals surface area contributed by atoms with Crippen LogP contribution in [0.3, 0.4) is 0 Å². The number of para-hydroxylation sites is 2. The molecule has 0 aromatic heterocycles. The van der Waals surface area contributed by atoms with E-state index in [0.717, 1.165) is 39.4 Å². The fourth-order valence-corrected chi connectivity index (χ4v) is 3.18. The van der Waals surface area contributed by atoms with E-state index in [1.807, 2.05) is 0 Å². The van der Waals surface area contributed by atoms with Gasteiger partial charge in [-0.1, -0.05) is 12.1 Å². The van der Waals surface area contributed by atoms with Gasteiger partial charge in [0.25, 0.3) is 0 Å². The largest absolute Gasteiger partial charge is 0.378 e. The lowest BCUT2D eigenvalue weighted by Gasteiger charge is -2.40. The summed E-state index contributed by atoms with van der Waals surface area (Å²) in [6.45, 7) is 9.84. The summed E-state index contributed by atoms with van der Waals surface area (Å²) >= 11 is 0. The van der Waals surface area contributed by atoms with E-state index >= 15 is 0 Å². The van der Waals surface area contributed by atoms with Gasteiger partial charge in [0.05, 0.1) is 36.8 Å². The molecule has 110 valence electrons. The Morgan fingerprint density at radius 2 is 1.45 bits per heavy atom. The second-order valence-electron chi connectivity index (χ2n) is 5.75. The average molecular weight is 276 g/mol. The first kappa shape index (κ1) is 13.7. The third-order valence-electron chi connectivity index (χ3n) is 3.99. The van der Waals surface area contributed by atoms with Gasteiger partial charge in [-0.2, -0.15) is 0 Å². The molecule has 2 aliphatic heterocycles. The molecule has 2 fully saturated rings. The van der Waals surface area contributed by atoms with E-state index in [1.165, 1.54) is 11.4 Å². The fourth-order valence-electron chi connectivity index (χ4n) is 3.18. The highest BCUT2D eigenvalue weighted by atomic mass is 16.5. The molecule has 2 saturated heterocycles. The molecule has 0 aliphatic carbocycles. The van der Waals surface area contributed by atoms with E-state index in [2.05, 4.69) is 47.9 Å². The van der Waals surface area contributed by atoms with E-state index in [4.69, 9.17) is 9.47 Å². The SMILES string of the molecule is CC1CN(c2ccccc2N2CCOCC2)CC(C)O1. The van der Waals surface area contributed by atoms with Crippen molar-refractivity contribution in [2.24, 2.45) is 0 Å². The quantitative estimate of drug-likeness (QED) is 0.826. The van der Waals surface area contributed by atoms with Gasteiger partial charge in [0.15, 0.2) is 0 Å². The molecule has 0 bridgehead atoms. The maximum Gasteiger partial charge on any atom is 0.0726 e. The lowest BCUT2D eigenvalue weighted by Crippen LogP contribution is -2.46. The molecule has 4 nitrogen and oxygen atoms in total. The number of morpholine rings is 2. The zero-order chi connectivity index (χ0) is 13.9. The van der Waals surface area contributed by atoms with Gasteiger partial charge in [0.2, 0.25) is 0 Å². The Balaban J connectivity index is 1.85. The zero-order valence-corrected chi connectivity index (χ0v) is 12.4. The summed E-state index contributed by atoms with van der Waals surface area (Å²) in [5, 5.41) is 0. The van der Waals surface area contributed by atoms with Crippen LogP contribution in [-0.2, 0) is 9.47 Å². The van der Waals surface area contributed by atoms with Gasteiger partial charge in [-0.3, -0.25) is 0 Å². The molecule has 1 aromatic carbocycles. The Morgan fingerprint density at radius 3 is 2.05 bits per heavy atom. The van der Waals surface area contributed by atoms with Gasteiger partial charge < -0.3 is 19.3 Å². The highest BCUT2D eigenvalue weighted by Crippen LogP contribution is 2.31. The normalized spacial score (nSPS) is 27.7. The van der Waals surface area contributed by atoms with Crippen LogP contribution in [0.2, 0.25) is 0 Å². The van der Waals surface area contributed by atoms with E-state index in [1.54, 1.807) is 0 Å². The smallest absolute Gasteiger partial charge is 0.0726 e. The Labute approximate surface area is 121 Å². The van der Waals surface area contributed by atoms with E-state index in [9.17, 15) is 0 Å². The number of hydrogen-bond donors (Lipinski definition) is 0. The van der Waals surface area contributed by atoms with Crippen molar-refractivity contribution < 1.29 is 9.47 Å². The molecule has 2 aliphatic rings. The number of ether oxygens (including phenoxy) is 2. The van der Waals surface area contributed by atoms with Crippen molar-refractivity contribution in [1.29, 1.82) is 0 Å². The minimum atomic E-state index is 0.288. The monoisotopic (exact) mass is 276 g/mol. The Kier molecular flexibility index (Phi) is 4.13. The summed E-state index contributed by atoms with van der Waals surface area (Å²) in [5.74, 6) is 0. The van der Waals surface area contributed by atoms with Crippen molar-refractivity contribution >= 4 is 11.4 Å². The Morgan fingerprint density at radius 1 is 0.900 bits per heavy atom. The average Bonchev–Trinajstić information content (AvgIpc) is 2.47. The van der Waals surface area contributed by atoms with Crippen molar-refractivity contribution in [3.8, 4) is 0 Å². The van der Waals surface area contributed by atoms with Crippen LogP contribution in [0.25, 0.3) is 0 Å². The predicted molar refractivity (Wildman–Crippen MR) is 81.7 cm³/mol. The van der Waals surface area contributed by atoms with Crippen LogP contribution < -0.4 is 9.80 Å². The molecule has 2 atom stereocenters. The van der Waals surface area contributed by atoms with E-state index < -0.39 is 0 Å². The number of anilines is 2. The summed E-state index contributed by atoms with van der Waals surface area (Å²) in [4.78, 5) is 4.90. The summed E-state index contributed by atoms with van der Waals surface area (Å²) in [5.41, 5.74) is 2.66. The molecule has 0 spiro atoms. The van der Waals surface area contributed by atoms with Gasteiger partial charge in [0, 0.05) is 26.2 Å². The molecule has 4 heteroatoms. The second-order valence-corrected chi connectivity index (χ2v) is 5.75. The van der Waals surface area contributed by atoms with Crippen LogP contribution >= 0.6 is 0 Å². The predicted octanol–water partition coefficient (Wildman–Crippen LogP) is 2.14. The van der Waals surface area contributed by atoms with E-state index in [-0.39, 0.29) is 12.2 Å². The number of hydrogen-bond acceptors (Lipinski definition) is 4. The van der Waals surface area contributed by atoms with Crippen LogP contribution in [0, 0.1) is 0 Å². The lowest BCUT2D eigenvalue weighted by molar-refractivity contribution is -0.00520. The number of rotatable bonds is 2. The molecule has 1 aromatic rings. The molecule has 0 N–H and O–H groups in total. The van der Waals surface area contributed by atoms with Crippen LogP contribution in [0.1, 0.15) is 13.8 Å². The highest BCUT2D eigenvalue weighted by molar-refractivity contribution is 5.71. The molecule has 3 rings (SSSR count).